The molecule has 0 bridgehead atoms. The molecule has 11 heteroatoms. The highest BCUT2D eigenvalue weighted by Crippen LogP contribution is 2.44. The molecule has 37 heavy (non-hydrogen) atoms. The molecule has 0 saturated heterocycles. The number of benzene rings is 3. The van der Waals surface area contributed by atoms with E-state index in [0.717, 1.165) is 43.2 Å². The van der Waals surface area contributed by atoms with Gasteiger partial charge in [-0.05, 0) is 63.0 Å². The normalized spacial score (nSPS) is 11.3. The first kappa shape index (κ1) is 24.8. The van der Waals surface area contributed by atoms with Gasteiger partial charge in [0.2, 0.25) is 0 Å². The number of hydrogen-bond donors (Lipinski definition) is 3. The maximum Gasteiger partial charge on any atom is 0.333 e. The molecule has 5 aromatic rings. The molecule has 8 nitrogen and oxygen atoms in total. The first-order valence-electron chi connectivity index (χ1n) is 11.0. The number of hydroxylamine groups is 1. The molecule has 0 spiro atoms. The third kappa shape index (κ3) is 4.89. The Hall–Kier alpha value is -3.90. The Morgan fingerprint density at radius 3 is 2.57 bits per heavy atom. The molecule has 2 aromatic heterocycles. The molecule has 0 amide bonds. The largest absolute Gasteiger partial charge is 0.495 e. The number of hydrogen-bond acceptors (Lipinski definition) is 8. The molecule has 5 rings (SSSR count). The number of thiophene rings is 1. The summed E-state index contributed by atoms with van der Waals surface area (Å²) < 4.78 is 27.1. The van der Waals surface area contributed by atoms with Crippen LogP contribution in [0.25, 0.3) is 38.7 Å². The van der Waals surface area contributed by atoms with Crippen LogP contribution in [-0.2, 0) is 0 Å². The second-order valence-corrected chi connectivity index (χ2v) is 9.79. The van der Waals surface area contributed by atoms with E-state index in [2.05, 4.69) is 9.71 Å². The molecule has 0 unspecified atom stereocenters. The zero-order valence-corrected chi connectivity index (χ0v) is 21.3. The number of fused-ring (bicyclic) bond motifs is 1. The van der Waals surface area contributed by atoms with E-state index in [1.165, 1.54) is 37.8 Å². The van der Waals surface area contributed by atoms with Crippen molar-refractivity contribution in [2.24, 2.45) is 0 Å². The van der Waals surface area contributed by atoms with Crippen molar-refractivity contribution in [2.75, 3.05) is 18.9 Å². The molecule has 0 fully saturated rings. The van der Waals surface area contributed by atoms with Crippen LogP contribution in [0, 0.1) is 5.82 Å². The summed E-state index contributed by atoms with van der Waals surface area (Å²) in [5.41, 5.74) is 1.63. The fraction of sp³-hybridized carbons (Fsp3) is 0.0769. The second kappa shape index (κ2) is 10.2. The average Bonchev–Trinajstić information content (AvgIpc) is 3.42. The zero-order chi connectivity index (χ0) is 26.1. The summed E-state index contributed by atoms with van der Waals surface area (Å²) in [6, 6.07) is 15.8. The quantitative estimate of drug-likeness (QED) is 0.186. The first-order chi connectivity index (χ1) is 17.9. The van der Waals surface area contributed by atoms with E-state index in [4.69, 9.17) is 4.74 Å². The van der Waals surface area contributed by atoms with Gasteiger partial charge in [-0.3, -0.25) is 14.3 Å². The monoisotopic (exact) mass is 536 g/mol. The summed E-state index contributed by atoms with van der Waals surface area (Å²) in [6.07, 6.45) is 1.25. The minimum Gasteiger partial charge on any atom is -0.495 e. The van der Waals surface area contributed by atoms with Crippen LogP contribution < -0.4 is 20.7 Å². The number of nitrogens with one attached hydrogen (secondary N) is 2. The van der Waals surface area contributed by atoms with Gasteiger partial charge in [0, 0.05) is 30.6 Å². The van der Waals surface area contributed by atoms with Crippen LogP contribution in [0.1, 0.15) is 0 Å². The minimum absolute atomic E-state index is 0.0111. The van der Waals surface area contributed by atoms with Crippen LogP contribution in [0.2, 0.25) is 0 Å². The highest BCUT2D eigenvalue weighted by atomic mass is 32.2. The van der Waals surface area contributed by atoms with Crippen LogP contribution in [0.5, 0.6) is 5.75 Å². The van der Waals surface area contributed by atoms with Crippen LogP contribution in [0.4, 0.5) is 10.1 Å². The molecule has 0 radical (unpaired) electrons. The lowest BCUT2D eigenvalue weighted by Gasteiger charge is -2.19. The van der Waals surface area contributed by atoms with Crippen LogP contribution in [0.3, 0.4) is 0 Å². The van der Waals surface area contributed by atoms with E-state index in [9.17, 15) is 14.8 Å². The van der Waals surface area contributed by atoms with Crippen LogP contribution in [-0.4, -0.2) is 33.4 Å². The first-order valence-corrected chi connectivity index (χ1v) is 12.7. The fourth-order valence-corrected chi connectivity index (χ4v) is 5.12. The van der Waals surface area contributed by atoms with Crippen molar-refractivity contribution in [3.63, 3.8) is 0 Å². The van der Waals surface area contributed by atoms with Crippen LogP contribution in [0.15, 0.2) is 81.1 Å². The molecule has 0 aliphatic heterocycles. The van der Waals surface area contributed by atoms with Gasteiger partial charge >= 0.3 is 5.69 Å². The molecule has 0 aliphatic carbocycles. The Morgan fingerprint density at radius 2 is 1.86 bits per heavy atom. The van der Waals surface area contributed by atoms with Gasteiger partial charge < -0.3 is 14.7 Å². The number of H-pyrrole nitrogens is 1. The second-order valence-electron chi connectivity index (χ2n) is 8.09. The van der Waals surface area contributed by atoms with E-state index >= 15 is 4.39 Å². The lowest BCUT2D eigenvalue weighted by atomic mass is 9.95. The summed E-state index contributed by atoms with van der Waals surface area (Å²) in [6.45, 7) is 0. The highest BCUT2D eigenvalue weighted by molar-refractivity contribution is 7.98. The minimum atomic E-state index is -0.747. The van der Waals surface area contributed by atoms with Crippen molar-refractivity contribution in [1.29, 1.82) is 0 Å². The lowest BCUT2D eigenvalue weighted by Crippen LogP contribution is -2.28. The molecular formula is C26H21FN4O4S2. The predicted octanol–water partition coefficient (Wildman–Crippen LogP) is 5.52. The Morgan fingerprint density at radius 1 is 1.08 bits per heavy atom. The summed E-state index contributed by atoms with van der Waals surface area (Å²) in [5.74, 6) is -0.331. The number of aromatic amines is 1. The third-order valence-corrected chi connectivity index (χ3v) is 7.02. The number of rotatable bonds is 7. The summed E-state index contributed by atoms with van der Waals surface area (Å²) >= 11 is 2.51. The van der Waals surface area contributed by atoms with E-state index in [-0.39, 0.29) is 11.3 Å². The predicted molar refractivity (Wildman–Crippen MR) is 146 cm³/mol. The summed E-state index contributed by atoms with van der Waals surface area (Å²) in [5, 5.41) is 14.9. The SMILES string of the molecule is COc1c(-c2ccsc2)cc(-n2ccc(=O)[nH]c2=O)c(F)c1-c1ccc2cc(NSN(C)O)ccc2c1. The zero-order valence-electron chi connectivity index (χ0n) is 19.7. The molecule has 3 N–H and O–H groups in total. The number of nitrogens with zero attached hydrogens (tertiary/aromatic N) is 2. The van der Waals surface area contributed by atoms with E-state index < -0.39 is 17.1 Å². The van der Waals surface area contributed by atoms with E-state index in [0.29, 0.717) is 16.9 Å². The van der Waals surface area contributed by atoms with Gasteiger partial charge in [-0.2, -0.15) is 11.3 Å². The van der Waals surface area contributed by atoms with E-state index in [1.807, 2.05) is 47.2 Å². The van der Waals surface area contributed by atoms with E-state index in [1.54, 1.807) is 12.1 Å². The number of anilines is 1. The van der Waals surface area contributed by atoms with Crippen molar-refractivity contribution in [1.82, 2.24) is 14.0 Å². The third-order valence-electron chi connectivity index (χ3n) is 5.74. The maximum absolute atomic E-state index is 16.3. The lowest BCUT2D eigenvalue weighted by molar-refractivity contribution is 0.0459. The highest BCUT2D eigenvalue weighted by Gasteiger charge is 2.23. The van der Waals surface area contributed by atoms with Gasteiger partial charge in [-0.25, -0.2) is 9.18 Å². The Labute approximate surface area is 218 Å². The topological polar surface area (TPSA) is 99.6 Å². The summed E-state index contributed by atoms with van der Waals surface area (Å²) in [4.78, 5) is 26.4. The molecule has 0 saturated carbocycles. The molecule has 0 aliphatic rings. The Kier molecular flexibility index (Phi) is 6.85. The maximum atomic E-state index is 16.3. The van der Waals surface area contributed by atoms with Gasteiger partial charge in [0.05, 0.1) is 30.5 Å². The standard InChI is InChI=1S/C26H21FN4O4S2/c1-30(34)37-29-19-6-5-15-11-17(4-3-16(15)12-19)23-24(27)21(31-9-7-22(32)28-26(31)33)13-20(25(23)35-2)18-8-10-36-14-18/h3-14,29,34H,1-2H3,(H,28,32,33). The smallest absolute Gasteiger partial charge is 0.333 e. The Balaban J connectivity index is 1.73. The number of ether oxygens (including phenoxy) is 1. The van der Waals surface area contributed by atoms with Crippen molar-refractivity contribution in [3.05, 3.63) is 98.2 Å². The summed E-state index contributed by atoms with van der Waals surface area (Å²) in [7, 11) is 2.99. The van der Waals surface area contributed by atoms with Gasteiger partial charge in [-0.15, -0.1) is 4.47 Å². The van der Waals surface area contributed by atoms with Gasteiger partial charge in [0.15, 0.2) is 5.82 Å². The number of aromatic nitrogens is 2. The van der Waals surface area contributed by atoms with Gasteiger partial charge in [0.1, 0.15) is 5.75 Å². The Bertz CT molecular complexity index is 1710. The van der Waals surface area contributed by atoms with Crippen molar-refractivity contribution in [2.45, 2.75) is 0 Å². The molecule has 188 valence electrons. The average molecular weight is 537 g/mol. The molecule has 2 heterocycles. The van der Waals surface area contributed by atoms with Crippen LogP contribution >= 0.6 is 23.5 Å². The van der Waals surface area contributed by atoms with Gasteiger partial charge in [0.25, 0.3) is 5.56 Å². The van der Waals surface area contributed by atoms with Crippen molar-refractivity contribution < 1.29 is 14.3 Å². The number of methoxy groups -OCH3 is 1. The molecule has 3 aromatic carbocycles. The van der Waals surface area contributed by atoms with Crippen molar-refractivity contribution >= 4 is 39.9 Å². The fourth-order valence-electron chi connectivity index (χ4n) is 4.10. The molecule has 0 atom stereocenters. The molecular weight excluding hydrogens is 515 g/mol. The van der Waals surface area contributed by atoms with Crippen molar-refractivity contribution in [3.8, 4) is 33.7 Å². The van der Waals surface area contributed by atoms with Gasteiger partial charge in [-0.1, -0.05) is 18.2 Å². The number of halogens is 1.